The number of aliphatic hydroxyl groups is 1. The molecule has 2 saturated heterocycles. The number of anilines is 2. The Morgan fingerprint density at radius 1 is 1.14 bits per heavy atom. The van der Waals surface area contributed by atoms with Gasteiger partial charge in [0.2, 0.25) is 5.91 Å². The molecule has 3 heterocycles. The second-order valence-electron chi connectivity index (χ2n) is 7.27. The van der Waals surface area contributed by atoms with E-state index in [0.717, 1.165) is 30.8 Å². The lowest BCUT2D eigenvalue weighted by molar-refractivity contribution is -0.131. The second kappa shape index (κ2) is 8.10. The zero-order valence-electron chi connectivity index (χ0n) is 15.7. The molecule has 2 aliphatic rings. The molecule has 1 amide bonds. The fraction of sp³-hybridized carbons (Fsp3) is 0.450. The summed E-state index contributed by atoms with van der Waals surface area (Å²) in [6.45, 7) is 2.82. The van der Waals surface area contributed by atoms with Gasteiger partial charge in [-0.05, 0) is 30.5 Å². The molecular formula is C20H24FN5O2. The molecular weight excluding hydrogens is 361 g/mol. The Kier molecular flexibility index (Phi) is 5.38. The van der Waals surface area contributed by atoms with Crippen LogP contribution in [0.15, 0.2) is 36.7 Å². The Morgan fingerprint density at radius 3 is 2.79 bits per heavy atom. The molecule has 1 N–H and O–H groups in total. The molecule has 0 spiro atoms. The first-order valence-corrected chi connectivity index (χ1v) is 9.61. The summed E-state index contributed by atoms with van der Waals surface area (Å²) in [5.74, 6) is 1.20. The van der Waals surface area contributed by atoms with Gasteiger partial charge in [0, 0.05) is 32.2 Å². The molecule has 0 bridgehead atoms. The van der Waals surface area contributed by atoms with Crippen molar-refractivity contribution in [1.29, 1.82) is 0 Å². The van der Waals surface area contributed by atoms with Gasteiger partial charge in [-0.3, -0.25) is 4.79 Å². The summed E-state index contributed by atoms with van der Waals surface area (Å²) < 4.78 is 13.4. The first-order chi connectivity index (χ1) is 13.6. The molecule has 0 radical (unpaired) electrons. The minimum Gasteiger partial charge on any atom is -0.394 e. The number of carbonyl (C=O) groups is 1. The van der Waals surface area contributed by atoms with Gasteiger partial charge in [-0.2, -0.15) is 0 Å². The van der Waals surface area contributed by atoms with Crippen LogP contribution in [0.5, 0.6) is 0 Å². The highest BCUT2D eigenvalue weighted by atomic mass is 19.1. The molecule has 1 aromatic heterocycles. The van der Waals surface area contributed by atoms with Gasteiger partial charge in [-0.15, -0.1) is 0 Å². The van der Waals surface area contributed by atoms with Crippen LogP contribution in [0.4, 0.5) is 16.0 Å². The minimum absolute atomic E-state index is 0.00918. The van der Waals surface area contributed by atoms with E-state index in [4.69, 9.17) is 0 Å². The molecule has 0 saturated carbocycles. The van der Waals surface area contributed by atoms with Crippen LogP contribution in [0.2, 0.25) is 0 Å². The van der Waals surface area contributed by atoms with Crippen molar-refractivity contribution >= 4 is 17.5 Å². The number of piperazine rings is 1. The molecule has 2 aliphatic heterocycles. The molecule has 148 valence electrons. The lowest BCUT2D eigenvalue weighted by Gasteiger charge is -2.35. The van der Waals surface area contributed by atoms with E-state index < -0.39 is 0 Å². The fourth-order valence-corrected chi connectivity index (χ4v) is 3.92. The third kappa shape index (κ3) is 3.91. The van der Waals surface area contributed by atoms with E-state index >= 15 is 0 Å². The summed E-state index contributed by atoms with van der Waals surface area (Å²) in [5, 5.41) is 9.55. The third-order valence-corrected chi connectivity index (χ3v) is 5.43. The SMILES string of the molecule is O=C1CN(c2cc(N3CCCC3CO)ncn2)CCN1Cc1cccc(F)c1. The number of hydrogen-bond acceptors (Lipinski definition) is 6. The van der Waals surface area contributed by atoms with Gasteiger partial charge in [0.15, 0.2) is 0 Å². The van der Waals surface area contributed by atoms with Crippen molar-refractivity contribution in [2.45, 2.75) is 25.4 Å². The molecule has 1 aromatic carbocycles. The average Bonchev–Trinajstić information content (AvgIpc) is 3.19. The van der Waals surface area contributed by atoms with E-state index in [1.807, 2.05) is 17.0 Å². The molecule has 8 heteroatoms. The minimum atomic E-state index is -0.291. The number of nitrogens with zero attached hydrogens (tertiary/aromatic N) is 5. The van der Waals surface area contributed by atoms with E-state index in [2.05, 4.69) is 14.9 Å². The summed E-state index contributed by atoms with van der Waals surface area (Å²) in [6.07, 6.45) is 3.50. The number of amides is 1. The van der Waals surface area contributed by atoms with Crippen LogP contribution in [-0.2, 0) is 11.3 Å². The Hall–Kier alpha value is -2.74. The maximum Gasteiger partial charge on any atom is 0.242 e. The highest BCUT2D eigenvalue weighted by Gasteiger charge is 2.28. The Balaban J connectivity index is 1.43. The van der Waals surface area contributed by atoms with Gasteiger partial charge >= 0.3 is 0 Å². The molecule has 2 aromatic rings. The molecule has 1 atom stereocenters. The molecule has 1 unspecified atom stereocenters. The molecule has 7 nitrogen and oxygen atoms in total. The summed E-state index contributed by atoms with van der Waals surface area (Å²) in [7, 11) is 0. The first kappa shape index (κ1) is 18.6. The van der Waals surface area contributed by atoms with E-state index in [9.17, 15) is 14.3 Å². The van der Waals surface area contributed by atoms with Crippen molar-refractivity contribution < 1.29 is 14.3 Å². The zero-order chi connectivity index (χ0) is 19.5. The quantitative estimate of drug-likeness (QED) is 0.840. The van der Waals surface area contributed by atoms with E-state index in [0.29, 0.717) is 25.5 Å². The molecule has 4 rings (SSSR count). The summed E-state index contributed by atoms with van der Waals surface area (Å²) in [6, 6.07) is 8.33. The van der Waals surface area contributed by atoms with Crippen LogP contribution in [-0.4, -0.2) is 64.7 Å². The maximum absolute atomic E-state index is 13.4. The van der Waals surface area contributed by atoms with Gasteiger partial charge < -0.3 is 19.8 Å². The topological polar surface area (TPSA) is 72.8 Å². The number of rotatable bonds is 5. The molecule has 0 aliphatic carbocycles. The average molecular weight is 385 g/mol. The predicted molar refractivity (Wildman–Crippen MR) is 104 cm³/mol. The van der Waals surface area contributed by atoms with Crippen LogP contribution in [0, 0.1) is 5.82 Å². The van der Waals surface area contributed by atoms with Crippen LogP contribution in [0.3, 0.4) is 0 Å². The highest BCUT2D eigenvalue weighted by molar-refractivity contribution is 5.82. The smallest absolute Gasteiger partial charge is 0.242 e. The van der Waals surface area contributed by atoms with E-state index in [-0.39, 0.29) is 30.9 Å². The van der Waals surface area contributed by atoms with Crippen molar-refractivity contribution in [2.75, 3.05) is 42.6 Å². The fourth-order valence-electron chi connectivity index (χ4n) is 3.92. The van der Waals surface area contributed by atoms with Gasteiger partial charge in [-0.1, -0.05) is 12.1 Å². The van der Waals surface area contributed by atoms with Crippen LogP contribution >= 0.6 is 0 Å². The normalized spacial score (nSPS) is 20.1. The number of aliphatic hydroxyl groups excluding tert-OH is 1. The van der Waals surface area contributed by atoms with Crippen molar-refractivity contribution in [2.24, 2.45) is 0 Å². The standard InChI is InChI=1S/C20H24FN5O2/c21-16-4-1-3-15(9-16)11-25-8-7-24(12-20(25)28)18-10-19(23-14-22-18)26-6-2-5-17(26)13-27/h1,3-4,9-10,14,17,27H,2,5-8,11-13H2. The lowest BCUT2D eigenvalue weighted by atomic mass is 10.2. The maximum atomic E-state index is 13.4. The number of aromatic nitrogens is 2. The number of halogens is 1. The van der Waals surface area contributed by atoms with Crippen molar-refractivity contribution in [1.82, 2.24) is 14.9 Å². The Bertz CT molecular complexity index is 849. The van der Waals surface area contributed by atoms with Crippen molar-refractivity contribution in [3.05, 3.63) is 48.0 Å². The van der Waals surface area contributed by atoms with Crippen molar-refractivity contribution in [3.8, 4) is 0 Å². The zero-order valence-corrected chi connectivity index (χ0v) is 15.7. The monoisotopic (exact) mass is 385 g/mol. The van der Waals surface area contributed by atoms with Gasteiger partial charge in [0.05, 0.1) is 19.2 Å². The highest BCUT2D eigenvalue weighted by Crippen LogP contribution is 2.26. The Morgan fingerprint density at radius 2 is 2.00 bits per heavy atom. The number of hydrogen-bond donors (Lipinski definition) is 1. The second-order valence-corrected chi connectivity index (χ2v) is 7.27. The van der Waals surface area contributed by atoms with Crippen LogP contribution in [0.1, 0.15) is 18.4 Å². The van der Waals surface area contributed by atoms with Gasteiger partial charge in [0.25, 0.3) is 0 Å². The van der Waals surface area contributed by atoms with E-state index in [1.54, 1.807) is 11.0 Å². The lowest BCUT2D eigenvalue weighted by Crippen LogP contribution is -2.50. The van der Waals surface area contributed by atoms with Crippen LogP contribution in [0.25, 0.3) is 0 Å². The predicted octanol–water partition coefficient (Wildman–Crippen LogP) is 1.43. The van der Waals surface area contributed by atoms with Gasteiger partial charge in [-0.25, -0.2) is 14.4 Å². The number of carbonyl (C=O) groups excluding carboxylic acids is 1. The molecule has 28 heavy (non-hydrogen) atoms. The third-order valence-electron chi connectivity index (χ3n) is 5.43. The first-order valence-electron chi connectivity index (χ1n) is 9.61. The summed E-state index contributed by atoms with van der Waals surface area (Å²) >= 11 is 0. The van der Waals surface area contributed by atoms with E-state index in [1.165, 1.54) is 18.5 Å². The van der Waals surface area contributed by atoms with Crippen molar-refractivity contribution in [3.63, 3.8) is 0 Å². The largest absolute Gasteiger partial charge is 0.394 e. The summed E-state index contributed by atoms with van der Waals surface area (Å²) in [4.78, 5) is 27.1. The summed E-state index contributed by atoms with van der Waals surface area (Å²) in [5.41, 5.74) is 0.787. The van der Waals surface area contributed by atoms with Gasteiger partial charge in [0.1, 0.15) is 23.8 Å². The number of benzene rings is 1. The van der Waals surface area contributed by atoms with Crippen LogP contribution < -0.4 is 9.80 Å². The molecule has 2 fully saturated rings. The Labute approximate surface area is 163 Å².